The molecule has 8 heteroatoms. The van der Waals surface area contributed by atoms with Crippen LogP contribution in [0.3, 0.4) is 0 Å². The summed E-state index contributed by atoms with van der Waals surface area (Å²) in [6.45, 7) is 8.75. The van der Waals surface area contributed by atoms with Gasteiger partial charge in [-0.3, -0.25) is 4.79 Å². The second-order valence-corrected chi connectivity index (χ2v) is 8.39. The number of rotatable bonds is 1. The Bertz CT molecular complexity index is 1100. The molecule has 3 aromatic rings. The smallest absolute Gasteiger partial charge is 0.410 e. The zero-order valence-corrected chi connectivity index (χ0v) is 16.7. The van der Waals surface area contributed by atoms with Crippen molar-refractivity contribution in [2.75, 3.05) is 13.1 Å². The SMILES string of the molecule is Cc1ccnc2nn3c(C4CCN(C(=O)OC(C)(C)C)CC4)cc(=O)[nH]c3c12. The zero-order valence-electron chi connectivity index (χ0n) is 16.7. The van der Waals surface area contributed by atoms with Gasteiger partial charge in [-0.15, -0.1) is 5.10 Å². The highest BCUT2D eigenvalue weighted by Crippen LogP contribution is 2.30. The molecule has 0 spiro atoms. The minimum atomic E-state index is -0.507. The van der Waals surface area contributed by atoms with Gasteiger partial charge in [0, 0.05) is 31.3 Å². The molecule has 8 nitrogen and oxygen atoms in total. The molecule has 4 rings (SSSR count). The van der Waals surface area contributed by atoms with E-state index in [0.29, 0.717) is 24.4 Å². The maximum atomic E-state index is 12.3. The fourth-order valence-corrected chi connectivity index (χ4v) is 3.79. The van der Waals surface area contributed by atoms with E-state index in [1.165, 1.54) is 0 Å². The molecular weight excluding hydrogens is 358 g/mol. The Morgan fingerprint density at radius 3 is 2.68 bits per heavy atom. The van der Waals surface area contributed by atoms with E-state index >= 15 is 0 Å². The summed E-state index contributed by atoms with van der Waals surface area (Å²) in [7, 11) is 0. The van der Waals surface area contributed by atoms with Gasteiger partial charge in [0.1, 0.15) is 11.2 Å². The molecule has 148 valence electrons. The van der Waals surface area contributed by atoms with Gasteiger partial charge < -0.3 is 14.6 Å². The highest BCUT2D eigenvalue weighted by Gasteiger charge is 2.29. The molecule has 1 aliphatic heterocycles. The number of aromatic nitrogens is 4. The van der Waals surface area contributed by atoms with Crippen LogP contribution >= 0.6 is 0 Å². The van der Waals surface area contributed by atoms with Crippen LogP contribution in [-0.2, 0) is 4.74 Å². The highest BCUT2D eigenvalue weighted by molar-refractivity contribution is 5.92. The molecule has 1 saturated heterocycles. The second-order valence-electron chi connectivity index (χ2n) is 8.39. The van der Waals surface area contributed by atoms with E-state index in [-0.39, 0.29) is 17.6 Å². The molecule has 3 aromatic heterocycles. The summed E-state index contributed by atoms with van der Waals surface area (Å²) >= 11 is 0. The van der Waals surface area contributed by atoms with Crippen molar-refractivity contribution in [2.24, 2.45) is 0 Å². The van der Waals surface area contributed by atoms with E-state index < -0.39 is 5.60 Å². The third-order valence-electron chi connectivity index (χ3n) is 5.11. The van der Waals surface area contributed by atoms with Gasteiger partial charge in [-0.05, 0) is 52.2 Å². The van der Waals surface area contributed by atoms with Gasteiger partial charge in [-0.1, -0.05) is 0 Å². The molecule has 4 heterocycles. The number of aromatic amines is 1. The van der Waals surface area contributed by atoms with Crippen molar-refractivity contribution >= 4 is 22.8 Å². The van der Waals surface area contributed by atoms with E-state index in [0.717, 1.165) is 29.5 Å². The number of fused-ring (bicyclic) bond motifs is 3. The lowest BCUT2D eigenvalue weighted by Crippen LogP contribution is -2.41. The molecule has 28 heavy (non-hydrogen) atoms. The Labute approximate surface area is 162 Å². The van der Waals surface area contributed by atoms with Gasteiger partial charge in [0.2, 0.25) is 0 Å². The number of carbonyl (C=O) groups excluding carboxylic acids is 1. The monoisotopic (exact) mass is 383 g/mol. The molecule has 0 atom stereocenters. The summed E-state index contributed by atoms with van der Waals surface area (Å²) in [6.07, 6.45) is 2.94. The van der Waals surface area contributed by atoms with Gasteiger partial charge in [0.25, 0.3) is 5.56 Å². The zero-order chi connectivity index (χ0) is 20.1. The van der Waals surface area contributed by atoms with Crippen LogP contribution in [0.25, 0.3) is 16.7 Å². The summed E-state index contributed by atoms with van der Waals surface area (Å²) in [5, 5.41) is 5.49. The number of nitrogens with zero attached hydrogens (tertiary/aromatic N) is 4. The molecule has 1 aliphatic rings. The Morgan fingerprint density at radius 1 is 1.29 bits per heavy atom. The first-order chi connectivity index (χ1) is 13.2. The average Bonchev–Trinajstić information content (AvgIpc) is 2.99. The van der Waals surface area contributed by atoms with Gasteiger partial charge in [-0.2, -0.15) is 0 Å². The number of likely N-dealkylation sites (tertiary alicyclic amines) is 1. The van der Waals surface area contributed by atoms with Gasteiger partial charge in [0.05, 0.1) is 11.1 Å². The highest BCUT2D eigenvalue weighted by atomic mass is 16.6. The standard InChI is InChI=1S/C20H25N5O3/c1-12-5-8-21-17-16(12)18-22-15(26)11-14(25(18)23-17)13-6-9-24(10-7-13)19(27)28-20(2,3)4/h5,8,11,13H,6-7,9-10H2,1-4H3,(H,22,26). The van der Waals surface area contributed by atoms with E-state index in [4.69, 9.17) is 4.74 Å². The molecule has 0 aliphatic carbocycles. The molecule has 0 aromatic carbocycles. The quantitative estimate of drug-likeness (QED) is 0.697. The number of aryl methyl sites for hydroxylation is 1. The topological polar surface area (TPSA) is 92.6 Å². The maximum Gasteiger partial charge on any atom is 0.410 e. The summed E-state index contributed by atoms with van der Waals surface area (Å²) in [5.41, 5.74) is 2.52. The Hall–Kier alpha value is -2.90. The van der Waals surface area contributed by atoms with Crippen molar-refractivity contribution in [1.29, 1.82) is 0 Å². The summed E-state index contributed by atoms with van der Waals surface area (Å²) in [5.74, 6) is 0.137. The number of hydrogen-bond acceptors (Lipinski definition) is 5. The lowest BCUT2D eigenvalue weighted by Gasteiger charge is -2.33. The number of piperidine rings is 1. The van der Waals surface area contributed by atoms with Crippen molar-refractivity contribution in [1.82, 2.24) is 24.5 Å². The lowest BCUT2D eigenvalue weighted by molar-refractivity contribution is 0.0203. The van der Waals surface area contributed by atoms with Crippen LogP contribution in [0.4, 0.5) is 4.79 Å². The molecule has 0 bridgehead atoms. The summed E-state index contributed by atoms with van der Waals surface area (Å²) in [4.78, 5) is 33.6. The average molecular weight is 383 g/mol. The first-order valence-electron chi connectivity index (χ1n) is 9.58. The fourth-order valence-electron chi connectivity index (χ4n) is 3.79. The van der Waals surface area contributed by atoms with Crippen molar-refractivity contribution in [3.8, 4) is 0 Å². The molecule has 0 saturated carbocycles. The maximum absolute atomic E-state index is 12.3. The predicted octanol–water partition coefficient (Wildman–Crippen LogP) is 2.99. The number of hydrogen-bond donors (Lipinski definition) is 1. The van der Waals surface area contributed by atoms with Crippen LogP contribution < -0.4 is 5.56 Å². The van der Waals surface area contributed by atoms with Crippen LogP contribution in [0.15, 0.2) is 23.1 Å². The van der Waals surface area contributed by atoms with E-state index in [1.807, 2.05) is 33.8 Å². The molecular formula is C20H25N5O3. The lowest BCUT2D eigenvalue weighted by atomic mass is 9.93. The van der Waals surface area contributed by atoms with E-state index in [1.54, 1.807) is 21.7 Å². The van der Waals surface area contributed by atoms with E-state index in [9.17, 15) is 9.59 Å². The van der Waals surface area contributed by atoms with Gasteiger partial charge in [-0.25, -0.2) is 14.3 Å². The third-order valence-corrected chi connectivity index (χ3v) is 5.11. The van der Waals surface area contributed by atoms with Crippen LogP contribution in [0.1, 0.15) is 50.8 Å². The molecule has 0 unspecified atom stereocenters. The van der Waals surface area contributed by atoms with Crippen LogP contribution in [-0.4, -0.2) is 49.3 Å². The Morgan fingerprint density at radius 2 is 2.00 bits per heavy atom. The Balaban J connectivity index is 1.64. The second kappa shape index (κ2) is 6.61. The number of ether oxygens (including phenoxy) is 1. The van der Waals surface area contributed by atoms with E-state index in [2.05, 4.69) is 15.1 Å². The van der Waals surface area contributed by atoms with Gasteiger partial charge in [0.15, 0.2) is 5.65 Å². The molecule has 1 amide bonds. The number of carbonyl (C=O) groups is 1. The number of nitrogens with one attached hydrogen (secondary N) is 1. The summed E-state index contributed by atoms with van der Waals surface area (Å²) < 4.78 is 7.27. The number of H-pyrrole nitrogens is 1. The first-order valence-corrected chi connectivity index (χ1v) is 9.58. The van der Waals surface area contributed by atoms with Crippen molar-refractivity contribution in [2.45, 2.75) is 52.1 Å². The fraction of sp³-hybridized carbons (Fsp3) is 0.500. The molecule has 1 fully saturated rings. The molecule has 0 radical (unpaired) electrons. The third kappa shape index (κ3) is 3.34. The van der Waals surface area contributed by atoms with Crippen LogP contribution in [0.5, 0.6) is 0 Å². The number of pyridine rings is 1. The van der Waals surface area contributed by atoms with Crippen molar-refractivity contribution in [3.05, 3.63) is 39.9 Å². The van der Waals surface area contributed by atoms with Gasteiger partial charge >= 0.3 is 6.09 Å². The number of amides is 1. The minimum Gasteiger partial charge on any atom is -0.444 e. The summed E-state index contributed by atoms with van der Waals surface area (Å²) in [6, 6.07) is 3.52. The minimum absolute atomic E-state index is 0.137. The normalized spacial score (nSPS) is 16.1. The molecule has 1 N–H and O–H groups in total. The van der Waals surface area contributed by atoms with Crippen LogP contribution in [0.2, 0.25) is 0 Å². The largest absolute Gasteiger partial charge is 0.444 e. The van der Waals surface area contributed by atoms with Crippen LogP contribution in [0, 0.1) is 6.92 Å². The Kier molecular flexibility index (Phi) is 4.36. The first kappa shape index (κ1) is 18.5. The van der Waals surface area contributed by atoms with Crippen molar-refractivity contribution < 1.29 is 9.53 Å². The van der Waals surface area contributed by atoms with Crippen molar-refractivity contribution in [3.63, 3.8) is 0 Å². The predicted molar refractivity (Wildman–Crippen MR) is 106 cm³/mol.